The third-order valence-corrected chi connectivity index (χ3v) is 6.30. The van der Waals surface area contributed by atoms with Crippen molar-refractivity contribution >= 4 is 34.9 Å². The second-order valence-corrected chi connectivity index (χ2v) is 8.15. The number of aromatic nitrogens is 5. The lowest BCUT2D eigenvalue weighted by molar-refractivity contribution is 0.425. The molecule has 0 saturated heterocycles. The Morgan fingerprint density at radius 3 is 2.92 bits per heavy atom. The van der Waals surface area contributed by atoms with Gasteiger partial charge in [-0.1, -0.05) is 29.1 Å². The molecule has 4 rings (SSSR count). The maximum Gasteiger partial charge on any atom is 0.257 e. The van der Waals surface area contributed by atoms with Crippen molar-refractivity contribution in [3.63, 3.8) is 0 Å². The van der Waals surface area contributed by atoms with Crippen molar-refractivity contribution in [2.45, 2.75) is 15.8 Å². The molecule has 26 heavy (non-hydrogen) atoms. The third-order valence-electron chi connectivity index (χ3n) is 3.69. The van der Waals surface area contributed by atoms with Gasteiger partial charge in [0.25, 0.3) is 5.89 Å². The monoisotopic (exact) mass is 401 g/mol. The Balaban J connectivity index is 1.47. The van der Waals surface area contributed by atoms with E-state index >= 15 is 0 Å². The summed E-state index contributed by atoms with van der Waals surface area (Å²) in [4.78, 5) is 6.76. The largest absolute Gasteiger partial charge is 0.334 e. The molecule has 4 aromatic rings. The average molecular weight is 402 g/mol. The minimum Gasteiger partial charge on any atom is -0.334 e. The maximum absolute atomic E-state index is 5.41. The van der Waals surface area contributed by atoms with Crippen LogP contribution in [-0.4, -0.2) is 31.2 Å². The first-order valence-corrected chi connectivity index (χ1v) is 10.9. The first kappa shape index (κ1) is 17.3. The van der Waals surface area contributed by atoms with Gasteiger partial charge < -0.3 is 9.09 Å². The van der Waals surface area contributed by atoms with Crippen molar-refractivity contribution in [2.75, 3.05) is 6.26 Å². The maximum atomic E-state index is 5.41. The van der Waals surface area contributed by atoms with Crippen molar-refractivity contribution in [3.8, 4) is 22.2 Å². The second-order valence-electron chi connectivity index (χ2n) is 5.38. The molecule has 0 amide bonds. The van der Waals surface area contributed by atoms with Gasteiger partial charge >= 0.3 is 0 Å². The van der Waals surface area contributed by atoms with E-state index in [9.17, 15) is 0 Å². The van der Waals surface area contributed by atoms with Gasteiger partial charge in [0.15, 0.2) is 16.8 Å². The first-order chi connectivity index (χ1) is 12.7. The van der Waals surface area contributed by atoms with Crippen LogP contribution >= 0.6 is 34.9 Å². The fraction of sp³-hybridized carbons (Fsp3) is 0.176. The van der Waals surface area contributed by atoms with Gasteiger partial charge in [0.2, 0.25) is 0 Å². The topological polar surface area (TPSA) is 69.6 Å². The Hall–Kier alpha value is -2.10. The molecule has 0 atom stereocenters. The highest BCUT2D eigenvalue weighted by Gasteiger charge is 2.14. The molecule has 0 unspecified atom stereocenters. The molecule has 0 spiro atoms. The van der Waals surface area contributed by atoms with E-state index in [1.165, 1.54) is 11.8 Å². The van der Waals surface area contributed by atoms with E-state index in [0.29, 0.717) is 17.5 Å². The molecule has 3 heterocycles. The van der Waals surface area contributed by atoms with E-state index in [1.54, 1.807) is 23.1 Å². The van der Waals surface area contributed by atoms with E-state index in [4.69, 9.17) is 4.52 Å². The van der Waals surface area contributed by atoms with Gasteiger partial charge in [0.1, 0.15) is 0 Å². The first-order valence-electron chi connectivity index (χ1n) is 7.77. The summed E-state index contributed by atoms with van der Waals surface area (Å²) >= 11 is 4.87. The SMILES string of the molecule is CSc1cccc(-c2nc(CSc3nnc(-c4cccs4)n3C)no2)c1. The summed E-state index contributed by atoms with van der Waals surface area (Å²) in [6.45, 7) is 0. The molecule has 0 bridgehead atoms. The van der Waals surface area contributed by atoms with Crippen molar-refractivity contribution in [1.82, 2.24) is 24.9 Å². The fourth-order valence-corrected chi connectivity index (χ4v) is 4.33. The number of nitrogens with zero attached hydrogens (tertiary/aromatic N) is 5. The summed E-state index contributed by atoms with van der Waals surface area (Å²) < 4.78 is 7.39. The molecule has 1 aromatic carbocycles. The summed E-state index contributed by atoms with van der Waals surface area (Å²) in [5.74, 6) is 2.61. The molecule has 132 valence electrons. The molecule has 0 radical (unpaired) electrons. The number of thiophene rings is 1. The van der Waals surface area contributed by atoms with Crippen LogP contribution in [-0.2, 0) is 12.8 Å². The summed E-state index contributed by atoms with van der Waals surface area (Å²) in [5, 5.41) is 15.5. The van der Waals surface area contributed by atoms with Crippen LogP contribution in [0.25, 0.3) is 22.2 Å². The molecule has 0 saturated carbocycles. The molecule has 3 aromatic heterocycles. The quantitative estimate of drug-likeness (QED) is 0.437. The number of thioether (sulfide) groups is 2. The molecule has 0 aliphatic rings. The van der Waals surface area contributed by atoms with Crippen molar-refractivity contribution < 1.29 is 4.52 Å². The van der Waals surface area contributed by atoms with Gasteiger partial charge in [-0.05, 0) is 35.9 Å². The number of rotatable bonds is 6. The highest BCUT2D eigenvalue weighted by molar-refractivity contribution is 7.98. The van der Waals surface area contributed by atoms with Crippen LogP contribution in [0.2, 0.25) is 0 Å². The molecular formula is C17H15N5OS3. The zero-order valence-corrected chi connectivity index (χ0v) is 16.6. The smallest absolute Gasteiger partial charge is 0.257 e. The Morgan fingerprint density at radius 1 is 1.19 bits per heavy atom. The summed E-state index contributed by atoms with van der Waals surface area (Å²) in [6.07, 6.45) is 2.04. The lowest BCUT2D eigenvalue weighted by atomic mass is 10.2. The zero-order chi connectivity index (χ0) is 17.9. The van der Waals surface area contributed by atoms with E-state index in [1.807, 2.05) is 53.6 Å². The minimum absolute atomic E-state index is 0.536. The van der Waals surface area contributed by atoms with Gasteiger partial charge in [-0.2, -0.15) is 4.98 Å². The van der Waals surface area contributed by atoms with Crippen molar-refractivity contribution in [3.05, 3.63) is 47.6 Å². The second kappa shape index (κ2) is 7.65. The van der Waals surface area contributed by atoms with E-state index in [-0.39, 0.29) is 0 Å². The molecule has 0 N–H and O–H groups in total. The molecular weight excluding hydrogens is 386 g/mol. The van der Waals surface area contributed by atoms with Crippen molar-refractivity contribution in [2.24, 2.45) is 7.05 Å². The summed E-state index contributed by atoms with van der Waals surface area (Å²) in [6, 6.07) is 12.1. The zero-order valence-electron chi connectivity index (χ0n) is 14.1. The van der Waals surface area contributed by atoms with Crippen LogP contribution in [0, 0.1) is 0 Å². The van der Waals surface area contributed by atoms with Gasteiger partial charge in [0.05, 0.1) is 10.6 Å². The molecule has 0 fully saturated rings. The third kappa shape index (κ3) is 3.55. The van der Waals surface area contributed by atoms with Crippen LogP contribution in [0.4, 0.5) is 0 Å². The van der Waals surface area contributed by atoms with Gasteiger partial charge in [0, 0.05) is 17.5 Å². The van der Waals surface area contributed by atoms with E-state index in [2.05, 4.69) is 26.4 Å². The Bertz CT molecular complexity index is 1010. The number of benzene rings is 1. The number of hydrogen-bond donors (Lipinski definition) is 0. The lowest BCUT2D eigenvalue weighted by Crippen LogP contribution is -1.94. The van der Waals surface area contributed by atoms with Crippen LogP contribution in [0.1, 0.15) is 5.82 Å². The average Bonchev–Trinajstić information content (AvgIpc) is 3.41. The molecule has 6 nitrogen and oxygen atoms in total. The highest BCUT2D eigenvalue weighted by Crippen LogP contribution is 2.28. The lowest BCUT2D eigenvalue weighted by Gasteiger charge is -2.00. The highest BCUT2D eigenvalue weighted by atomic mass is 32.2. The Labute approximate surface area is 163 Å². The molecule has 0 aliphatic carbocycles. The van der Waals surface area contributed by atoms with Crippen LogP contribution in [0.3, 0.4) is 0 Å². The van der Waals surface area contributed by atoms with E-state index < -0.39 is 0 Å². The standard InChI is InChI=1S/C17H15N5OS3/c1-22-15(13-7-4-8-25-13)19-20-17(22)26-10-14-18-16(23-21-14)11-5-3-6-12(9-11)24-2/h3-9H,10H2,1-2H3. The predicted molar refractivity (Wildman–Crippen MR) is 105 cm³/mol. The Kier molecular flexibility index (Phi) is 5.09. The molecule has 9 heteroatoms. The van der Waals surface area contributed by atoms with Crippen LogP contribution < -0.4 is 0 Å². The van der Waals surface area contributed by atoms with Gasteiger partial charge in [-0.3, -0.25) is 0 Å². The summed E-state index contributed by atoms with van der Waals surface area (Å²) in [5.41, 5.74) is 0.930. The van der Waals surface area contributed by atoms with Crippen LogP contribution in [0.5, 0.6) is 0 Å². The van der Waals surface area contributed by atoms with Gasteiger partial charge in [-0.15, -0.1) is 33.3 Å². The summed E-state index contributed by atoms with van der Waals surface area (Å²) in [7, 11) is 1.97. The normalized spacial score (nSPS) is 11.2. The van der Waals surface area contributed by atoms with E-state index in [0.717, 1.165) is 26.3 Å². The fourth-order valence-electron chi connectivity index (χ4n) is 2.38. The predicted octanol–water partition coefficient (Wildman–Crippen LogP) is 4.61. The molecule has 0 aliphatic heterocycles. The van der Waals surface area contributed by atoms with Crippen molar-refractivity contribution in [1.29, 1.82) is 0 Å². The van der Waals surface area contributed by atoms with Gasteiger partial charge in [-0.25, -0.2) is 0 Å². The Morgan fingerprint density at radius 2 is 2.12 bits per heavy atom. The number of hydrogen-bond acceptors (Lipinski definition) is 8. The van der Waals surface area contributed by atoms with Crippen LogP contribution in [0.15, 0.2) is 56.4 Å². The minimum atomic E-state index is 0.536.